The van der Waals surface area contributed by atoms with Gasteiger partial charge in [0, 0.05) is 24.2 Å². The molecule has 0 atom stereocenters. The molecule has 134 valence electrons. The molecule has 9 heteroatoms. The number of nitrogens with zero attached hydrogens (tertiary/aromatic N) is 3. The molecule has 1 aromatic carbocycles. The maximum absolute atomic E-state index is 6.00. The lowest BCUT2D eigenvalue weighted by atomic mass is 10.2. The van der Waals surface area contributed by atoms with E-state index in [1.165, 1.54) is 0 Å². The van der Waals surface area contributed by atoms with Crippen molar-refractivity contribution >= 4 is 63.1 Å². The van der Waals surface area contributed by atoms with Crippen molar-refractivity contribution in [1.29, 1.82) is 0 Å². The third kappa shape index (κ3) is 4.83. The van der Waals surface area contributed by atoms with E-state index < -0.39 is 0 Å². The Hall–Kier alpha value is -1.39. The number of halogens is 2. The lowest BCUT2D eigenvalue weighted by Gasteiger charge is -2.10. The molecule has 0 saturated carbocycles. The highest BCUT2D eigenvalue weighted by Crippen LogP contribution is 2.24. The Morgan fingerprint density at radius 2 is 2.04 bits per heavy atom. The number of guanidine groups is 1. The molecular formula is C16H19ClIN5OS. The van der Waals surface area contributed by atoms with Gasteiger partial charge in [-0.15, -0.1) is 35.3 Å². The second-order valence-corrected chi connectivity index (χ2v) is 6.85. The third-order valence-corrected chi connectivity index (χ3v) is 4.91. The molecule has 2 N–H and O–H groups in total. The zero-order valence-electron chi connectivity index (χ0n) is 14.1. The van der Waals surface area contributed by atoms with Crippen molar-refractivity contribution in [3.63, 3.8) is 0 Å². The summed E-state index contributed by atoms with van der Waals surface area (Å²) >= 11 is 7.64. The van der Waals surface area contributed by atoms with E-state index in [1.54, 1.807) is 18.4 Å². The van der Waals surface area contributed by atoms with Crippen LogP contribution in [0.25, 0.3) is 10.2 Å². The van der Waals surface area contributed by atoms with E-state index in [4.69, 9.17) is 16.1 Å². The number of nitrogens with one attached hydrogen (secondary N) is 2. The van der Waals surface area contributed by atoms with Crippen molar-refractivity contribution in [1.82, 2.24) is 20.8 Å². The highest BCUT2D eigenvalue weighted by molar-refractivity contribution is 14.0. The zero-order chi connectivity index (χ0) is 17.1. The molecular weight excluding hydrogens is 473 g/mol. The molecule has 0 amide bonds. The fourth-order valence-electron chi connectivity index (χ4n) is 2.33. The van der Waals surface area contributed by atoms with Crippen LogP contribution in [0.15, 0.2) is 27.7 Å². The van der Waals surface area contributed by atoms with Gasteiger partial charge in [0.2, 0.25) is 0 Å². The highest BCUT2D eigenvalue weighted by atomic mass is 127. The van der Waals surface area contributed by atoms with Gasteiger partial charge in [0.1, 0.15) is 10.8 Å². The van der Waals surface area contributed by atoms with Gasteiger partial charge in [0.15, 0.2) is 5.96 Å². The molecule has 0 spiro atoms. The van der Waals surface area contributed by atoms with Gasteiger partial charge in [-0.2, -0.15) is 0 Å². The number of hydrogen-bond donors (Lipinski definition) is 2. The van der Waals surface area contributed by atoms with Crippen LogP contribution in [0.5, 0.6) is 0 Å². The molecule has 0 aliphatic carbocycles. The predicted molar refractivity (Wildman–Crippen MR) is 113 cm³/mol. The largest absolute Gasteiger partial charge is 0.361 e. The van der Waals surface area contributed by atoms with Crippen LogP contribution in [0, 0.1) is 13.8 Å². The van der Waals surface area contributed by atoms with Gasteiger partial charge < -0.3 is 15.2 Å². The van der Waals surface area contributed by atoms with Crippen LogP contribution < -0.4 is 10.6 Å². The summed E-state index contributed by atoms with van der Waals surface area (Å²) < 4.78 is 6.28. The summed E-state index contributed by atoms with van der Waals surface area (Å²) in [5.74, 6) is 1.52. The molecule has 3 rings (SSSR count). The molecule has 0 aliphatic heterocycles. The van der Waals surface area contributed by atoms with Crippen LogP contribution in [-0.2, 0) is 13.1 Å². The van der Waals surface area contributed by atoms with Crippen molar-refractivity contribution in [3.8, 4) is 0 Å². The van der Waals surface area contributed by atoms with Crippen LogP contribution in [-0.4, -0.2) is 23.1 Å². The predicted octanol–water partition coefficient (Wildman–Crippen LogP) is 4.04. The van der Waals surface area contributed by atoms with Gasteiger partial charge in [-0.3, -0.25) is 4.99 Å². The summed E-state index contributed by atoms with van der Waals surface area (Å²) in [5.41, 5.74) is 2.86. The summed E-state index contributed by atoms with van der Waals surface area (Å²) in [6, 6.07) is 5.74. The van der Waals surface area contributed by atoms with Crippen molar-refractivity contribution in [3.05, 3.63) is 45.2 Å². The number of thiazole rings is 1. The monoisotopic (exact) mass is 491 g/mol. The molecule has 3 aromatic rings. The number of aromatic nitrogens is 2. The number of benzene rings is 1. The fraction of sp³-hybridized carbons (Fsp3) is 0.312. The Labute approximate surface area is 172 Å². The molecule has 6 nitrogen and oxygen atoms in total. The van der Waals surface area contributed by atoms with Gasteiger partial charge in [0.05, 0.1) is 22.5 Å². The van der Waals surface area contributed by atoms with Crippen molar-refractivity contribution in [2.24, 2.45) is 4.99 Å². The summed E-state index contributed by atoms with van der Waals surface area (Å²) in [4.78, 5) is 8.81. The van der Waals surface area contributed by atoms with E-state index in [9.17, 15) is 0 Å². The Kier molecular flexibility index (Phi) is 7.03. The quantitative estimate of drug-likeness (QED) is 0.327. The average Bonchev–Trinajstić information content (AvgIpc) is 3.11. The molecule has 0 radical (unpaired) electrons. The van der Waals surface area contributed by atoms with E-state index in [0.717, 1.165) is 32.2 Å². The van der Waals surface area contributed by atoms with E-state index in [1.807, 2.05) is 32.0 Å². The summed E-state index contributed by atoms with van der Waals surface area (Å²) in [7, 11) is 1.74. The third-order valence-electron chi connectivity index (χ3n) is 3.64. The summed E-state index contributed by atoms with van der Waals surface area (Å²) in [6.45, 7) is 5.03. The molecule has 0 bridgehead atoms. The highest BCUT2D eigenvalue weighted by Gasteiger charge is 2.10. The summed E-state index contributed by atoms with van der Waals surface area (Å²) in [5, 5.41) is 12.2. The van der Waals surface area contributed by atoms with Crippen LogP contribution in [0.2, 0.25) is 5.02 Å². The molecule has 25 heavy (non-hydrogen) atoms. The van der Waals surface area contributed by atoms with Crippen LogP contribution >= 0.6 is 46.9 Å². The van der Waals surface area contributed by atoms with Gasteiger partial charge in [0.25, 0.3) is 0 Å². The standard InChI is InChI=1S/C16H18ClN5OS.HI/c1-9-12(10(2)23-22-9)7-19-16(18-3)20-8-15-21-13-6-11(17)4-5-14(13)24-15;/h4-6H,7-8H2,1-3H3,(H2,18,19,20);1H. The minimum Gasteiger partial charge on any atom is -0.361 e. The van der Waals surface area contributed by atoms with Gasteiger partial charge >= 0.3 is 0 Å². The Morgan fingerprint density at radius 1 is 1.28 bits per heavy atom. The van der Waals surface area contributed by atoms with Crippen LogP contribution in [0.4, 0.5) is 0 Å². The Balaban J connectivity index is 0.00000225. The second kappa shape index (κ2) is 8.81. The molecule has 0 unspecified atom stereocenters. The normalized spacial score (nSPS) is 11.4. The minimum absolute atomic E-state index is 0. The maximum Gasteiger partial charge on any atom is 0.191 e. The van der Waals surface area contributed by atoms with Crippen molar-refractivity contribution in [2.75, 3.05) is 7.05 Å². The van der Waals surface area contributed by atoms with E-state index in [-0.39, 0.29) is 24.0 Å². The Morgan fingerprint density at radius 3 is 2.72 bits per heavy atom. The molecule has 2 heterocycles. The topological polar surface area (TPSA) is 75.3 Å². The minimum atomic E-state index is 0. The second-order valence-electron chi connectivity index (χ2n) is 5.30. The first kappa shape index (κ1) is 19.9. The molecule has 0 fully saturated rings. The zero-order valence-corrected chi connectivity index (χ0v) is 18.0. The van der Waals surface area contributed by atoms with Crippen LogP contribution in [0.3, 0.4) is 0 Å². The fourth-order valence-corrected chi connectivity index (χ4v) is 3.38. The van der Waals surface area contributed by atoms with Gasteiger partial charge in [-0.1, -0.05) is 16.8 Å². The maximum atomic E-state index is 6.00. The molecule has 2 aromatic heterocycles. The lowest BCUT2D eigenvalue weighted by molar-refractivity contribution is 0.392. The summed E-state index contributed by atoms with van der Waals surface area (Å²) in [6.07, 6.45) is 0. The van der Waals surface area contributed by atoms with E-state index >= 15 is 0 Å². The first-order valence-corrected chi connectivity index (χ1v) is 8.67. The van der Waals surface area contributed by atoms with Gasteiger partial charge in [-0.25, -0.2) is 4.98 Å². The smallest absolute Gasteiger partial charge is 0.191 e. The van der Waals surface area contributed by atoms with E-state index in [2.05, 4.69) is 25.8 Å². The van der Waals surface area contributed by atoms with Crippen molar-refractivity contribution < 1.29 is 4.52 Å². The SMILES string of the molecule is CN=C(NCc1nc2cc(Cl)ccc2s1)NCc1c(C)noc1C.I. The molecule has 0 saturated heterocycles. The number of aryl methyl sites for hydroxylation is 2. The Bertz CT molecular complexity index is 872. The number of hydrogen-bond acceptors (Lipinski definition) is 5. The van der Waals surface area contributed by atoms with Crippen LogP contribution in [0.1, 0.15) is 22.0 Å². The molecule has 0 aliphatic rings. The first-order chi connectivity index (χ1) is 11.6. The van der Waals surface area contributed by atoms with Crippen molar-refractivity contribution in [2.45, 2.75) is 26.9 Å². The number of rotatable bonds is 4. The van der Waals surface area contributed by atoms with E-state index in [0.29, 0.717) is 24.1 Å². The number of aliphatic imine (C=N–C) groups is 1. The lowest BCUT2D eigenvalue weighted by Crippen LogP contribution is -2.36. The number of fused-ring (bicyclic) bond motifs is 1. The average molecular weight is 492 g/mol. The first-order valence-electron chi connectivity index (χ1n) is 7.48. The van der Waals surface area contributed by atoms with Gasteiger partial charge in [-0.05, 0) is 32.0 Å².